The number of ether oxygens (including phenoxy) is 2. The van der Waals surface area contributed by atoms with Crippen molar-refractivity contribution in [3.63, 3.8) is 0 Å². The number of nitrogens with zero attached hydrogens (tertiary/aromatic N) is 4. The third-order valence-corrected chi connectivity index (χ3v) is 7.33. The van der Waals surface area contributed by atoms with E-state index in [4.69, 9.17) is 15.2 Å². The average molecular weight is 482 g/mol. The van der Waals surface area contributed by atoms with Gasteiger partial charge in [-0.15, -0.1) is 11.3 Å². The van der Waals surface area contributed by atoms with Crippen molar-refractivity contribution < 1.29 is 19.4 Å². The molecule has 1 aromatic carbocycles. The number of benzene rings is 1. The van der Waals surface area contributed by atoms with Crippen molar-refractivity contribution in [2.24, 2.45) is 0 Å². The van der Waals surface area contributed by atoms with Crippen molar-refractivity contribution in [1.82, 2.24) is 19.5 Å². The first-order valence-electron chi connectivity index (χ1n) is 11.2. The minimum Gasteiger partial charge on any atom is -0.495 e. The number of amides is 1. The molecule has 4 aromatic rings. The molecule has 1 saturated heterocycles. The second kappa shape index (κ2) is 8.86. The highest BCUT2D eigenvalue weighted by atomic mass is 32.1. The third kappa shape index (κ3) is 3.67. The number of hydrogen-bond donors (Lipinski definition) is 2. The van der Waals surface area contributed by atoms with Gasteiger partial charge < -0.3 is 25.2 Å². The summed E-state index contributed by atoms with van der Waals surface area (Å²) in [5, 5.41) is 15.5. The van der Waals surface area contributed by atoms with Gasteiger partial charge in [-0.2, -0.15) is 5.10 Å². The lowest BCUT2D eigenvalue weighted by molar-refractivity contribution is 0.0748. The van der Waals surface area contributed by atoms with Crippen molar-refractivity contribution in [3.05, 3.63) is 41.3 Å². The van der Waals surface area contributed by atoms with E-state index in [2.05, 4.69) is 22.2 Å². The number of rotatable bonds is 6. The number of aliphatic hydroxyl groups is 1. The molecule has 178 valence electrons. The van der Waals surface area contributed by atoms with E-state index < -0.39 is 6.10 Å². The number of thiophene rings is 1. The molecule has 3 aromatic heterocycles. The van der Waals surface area contributed by atoms with E-state index in [1.165, 1.54) is 6.33 Å². The second-order valence-electron chi connectivity index (χ2n) is 8.43. The zero-order valence-electron chi connectivity index (χ0n) is 19.4. The van der Waals surface area contributed by atoms with Crippen molar-refractivity contribution >= 4 is 38.7 Å². The van der Waals surface area contributed by atoms with E-state index in [1.54, 1.807) is 27.9 Å². The molecule has 1 aliphatic rings. The van der Waals surface area contributed by atoms with Crippen LogP contribution in [-0.4, -0.2) is 63.4 Å². The highest BCUT2D eigenvalue weighted by Crippen LogP contribution is 2.44. The van der Waals surface area contributed by atoms with E-state index in [9.17, 15) is 9.90 Å². The Bertz CT molecular complexity index is 1400. The Morgan fingerprint density at radius 1 is 1.35 bits per heavy atom. The maximum Gasteiger partial charge on any atom is 0.273 e. The van der Waals surface area contributed by atoms with Crippen LogP contribution in [0.25, 0.3) is 26.0 Å². The number of anilines is 1. The summed E-state index contributed by atoms with van der Waals surface area (Å²) in [5.74, 6) is 0.872. The SMILES string of the molecule is CCOCc1c(-c2cc3cc(C)cc(OC)c3s2)c2c(N)ncnn2c1C(=O)N1CCC(O)C1. The van der Waals surface area contributed by atoms with E-state index in [1.807, 2.05) is 19.9 Å². The van der Waals surface area contributed by atoms with Gasteiger partial charge in [-0.25, -0.2) is 9.50 Å². The van der Waals surface area contributed by atoms with E-state index >= 15 is 0 Å². The lowest BCUT2D eigenvalue weighted by Crippen LogP contribution is -2.31. The average Bonchev–Trinajstić information content (AvgIpc) is 3.51. The van der Waals surface area contributed by atoms with Crippen LogP contribution in [0, 0.1) is 6.92 Å². The summed E-state index contributed by atoms with van der Waals surface area (Å²) < 4.78 is 14.0. The third-order valence-electron chi connectivity index (χ3n) is 6.15. The Kier molecular flexibility index (Phi) is 5.88. The molecule has 1 unspecified atom stereocenters. The number of aryl methyl sites for hydroxylation is 1. The predicted octanol–water partition coefficient (Wildman–Crippen LogP) is 3.25. The monoisotopic (exact) mass is 481 g/mol. The molecular weight excluding hydrogens is 454 g/mol. The number of nitrogens with two attached hydrogens (primary N) is 1. The fourth-order valence-corrected chi connectivity index (χ4v) is 5.81. The Balaban J connectivity index is 1.79. The van der Waals surface area contributed by atoms with Crippen LogP contribution in [0.2, 0.25) is 0 Å². The van der Waals surface area contributed by atoms with Crippen LogP contribution in [0.1, 0.15) is 35.0 Å². The topological polar surface area (TPSA) is 115 Å². The molecule has 34 heavy (non-hydrogen) atoms. The van der Waals surface area contributed by atoms with Crippen LogP contribution in [0.3, 0.4) is 0 Å². The Morgan fingerprint density at radius 3 is 2.88 bits per heavy atom. The van der Waals surface area contributed by atoms with Crippen LogP contribution in [0.15, 0.2) is 24.5 Å². The predicted molar refractivity (Wildman–Crippen MR) is 131 cm³/mol. The molecule has 1 amide bonds. The molecular formula is C24H27N5O4S. The summed E-state index contributed by atoms with van der Waals surface area (Å²) in [6, 6.07) is 6.20. The molecule has 0 bridgehead atoms. The lowest BCUT2D eigenvalue weighted by Gasteiger charge is -2.16. The molecule has 10 heteroatoms. The fraction of sp³-hybridized carbons (Fsp3) is 0.375. The largest absolute Gasteiger partial charge is 0.495 e. The summed E-state index contributed by atoms with van der Waals surface area (Å²) in [5.41, 5.74) is 9.91. The molecule has 0 spiro atoms. The molecule has 3 N–H and O–H groups in total. The lowest BCUT2D eigenvalue weighted by atomic mass is 10.1. The van der Waals surface area contributed by atoms with Gasteiger partial charge in [-0.3, -0.25) is 4.79 Å². The van der Waals surface area contributed by atoms with Gasteiger partial charge in [-0.05, 0) is 43.4 Å². The number of carbonyl (C=O) groups excluding carboxylic acids is 1. The van der Waals surface area contributed by atoms with E-state index in [-0.39, 0.29) is 24.9 Å². The molecule has 1 aliphatic heterocycles. The number of aromatic nitrogens is 3. The van der Waals surface area contributed by atoms with Gasteiger partial charge in [0.05, 0.1) is 24.5 Å². The molecule has 1 atom stereocenters. The maximum atomic E-state index is 13.7. The van der Waals surface area contributed by atoms with Crippen molar-refractivity contribution in [2.75, 3.05) is 32.5 Å². The minimum absolute atomic E-state index is 0.208. The number of aliphatic hydroxyl groups excluding tert-OH is 1. The first-order valence-corrected chi connectivity index (χ1v) is 12.0. The zero-order valence-corrected chi connectivity index (χ0v) is 20.2. The standard InChI is InChI=1S/C24H27N5O4S/c1-4-33-11-16-19(18-9-14-7-13(2)8-17(32-3)22(14)34-18)21-23(25)26-12-27-29(21)20(16)24(31)28-6-5-15(30)10-28/h7-9,12,15,30H,4-6,10-11H2,1-3H3,(H2,25,26,27). The number of carbonyl (C=O) groups is 1. The van der Waals surface area contributed by atoms with Gasteiger partial charge in [0.15, 0.2) is 5.82 Å². The molecule has 0 saturated carbocycles. The van der Waals surface area contributed by atoms with E-state index in [0.29, 0.717) is 36.3 Å². The highest BCUT2D eigenvalue weighted by molar-refractivity contribution is 7.22. The Labute approximate surface area is 200 Å². The number of hydrogen-bond acceptors (Lipinski definition) is 8. The molecule has 1 fully saturated rings. The summed E-state index contributed by atoms with van der Waals surface area (Å²) >= 11 is 1.57. The van der Waals surface area contributed by atoms with Crippen molar-refractivity contribution in [1.29, 1.82) is 0 Å². The molecule has 0 radical (unpaired) electrons. The summed E-state index contributed by atoms with van der Waals surface area (Å²) in [6.45, 7) is 5.42. The number of fused-ring (bicyclic) bond motifs is 2. The molecule has 5 rings (SSSR count). The minimum atomic E-state index is -0.525. The van der Waals surface area contributed by atoms with Crippen LogP contribution >= 0.6 is 11.3 Å². The van der Waals surface area contributed by atoms with Gasteiger partial charge in [0.1, 0.15) is 23.3 Å². The number of β-amino-alcohol motifs (C(OH)–C–C–N with tert-alkyl or cyclic N) is 1. The van der Waals surface area contributed by atoms with Crippen LogP contribution < -0.4 is 10.5 Å². The Hall–Kier alpha value is -3.21. The smallest absolute Gasteiger partial charge is 0.273 e. The summed E-state index contributed by atoms with van der Waals surface area (Å²) in [7, 11) is 1.66. The normalized spacial score (nSPS) is 16.1. The molecule has 4 heterocycles. The van der Waals surface area contributed by atoms with Crippen LogP contribution in [-0.2, 0) is 11.3 Å². The Morgan fingerprint density at radius 2 is 2.18 bits per heavy atom. The van der Waals surface area contributed by atoms with Gasteiger partial charge >= 0.3 is 0 Å². The molecule has 0 aliphatic carbocycles. The second-order valence-corrected chi connectivity index (χ2v) is 9.49. The maximum absolute atomic E-state index is 13.7. The number of likely N-dealkylation sites (tertiary alicyclic amines) is 1. The quantitative estimate of drug-likeness (QED) is 0.434. The first-order chi connectivity index (χ1) is 16.4. The summed E-state index contributed by atoms with van der Waals surface area (Å²) in [4.78, 5) is 20.5. The van der Waals surface area contributed by atoms with Gasteiger partial charge in [-0.1, -0.05) is 6.07 Å². The van der Waals surface area contributed by atoms with Gasteiger partial charge in [0, 0.05) is 35.7 Å². The van der Waals surface area contributed by atoms with Crippen molar-refractivity contribution in [2.45, 2.75) is 33.0 Å². The first kappa shape index (κ1) is 22.6. The van der Waals surface area contributed by atoms with Gasteiger partial charge in [0.25, 0.3) is 5.91 Å². The van der Waals surface area contributed by atoms with Gasteiger partial charge in [0.2, 0.25) is 0 Å². The van der Waals surface area contributed by atoms with Crippen LogP contribution in [0.5, 0.6) is 5.75 Å². The number of nitrogen functional groups attached to an aromatic ring is 1. The van der Waals surface area contributed by atoms with Crippen molar-refractivity contribution in [3.8, 4) is 16.2 Å². The zero-order chi connectivity index (χ0) is 24.0. The van der Waals surface area contributed by atoms with Crippen LogP contribution in [0.4, 0.5) is 5.82 Å². The van der Waals surface area contributed by atoms with E-state index in [0.717, 1.165) is 31.8 Å². The molecule has 9 nitrogen and oxygen atoms in total. The number of methoxy groups -OCH3 is 1. The highest BCUT2D eigenvalue weighted by Gasteiger charge is 2.33. The summed E-state index contributed by atoms with van der Waals surface area (Å²) in [6.07, 6.45) is 1.38. The fourth-order valence-electron chi connectivity index (χ4n) is 4.60.